The maximum Gasteiger partial charge on any atom is 0.317 e. The van der Waals surface area contributed by atoms with Gasteiger partial charge < -0.3 is 25.8 Å². The molecule has 3 amide bonds. The molecule has 3 heterocycles. The Morgan fingerprint density at radius 1 is 1.21 bits per heavy atom. The minimum Gasteiger partial charge on any atom is -0.362 e. The van der Waals surface area contributed by atoms with E-state index >= 15 is 0 Å². The molecule has 2 aliphatic rings. The van der Waals surface area contributed by atoms with Crippen molar-refractivity contribution >= 4 is 58.5 Å². The van der Waals surface area contributed by atoms with Crippen LogP contribution in [0.3, 0.4) is 0 Å². The molecule has 0 unspecified atom stereocenters. The molecule has 2 atom stereocenters. The van der Waals surface area contributed by atoms with Crippen molar-refractivity contribution in [3.63, 3.8) is 0 Å². The fraction of sp³-hybridized carbons (Fsp3) is 0.455. The first-order valence-corrected chi connectivity index (χ1v) is 12.2. The Morgan fingerprint density at radius 2 is 1.94 bits per heavy atom. The highest BCUT2D eigenvalue weighted by molar-refractivity contribution is 6.35. The number of urea groups is 1. The summed E-state index contributed by atoms with van der Waals surface area (Å²) in [5.74, 6) is 0.928. The van der Waals surface area contributed by atoms with Gasteiger partial charge in [-0.25, -0.2) is 9.78 Å². The second-order valence-corrected chi connectivity index (χ2v) is 9.80. The minimum absolute atomic E-state index is 0.0310. The Balaban J connectivity index is 1.35. The van der Waals surface area contributed by atoms with Gasteiger partial charge in [-0.2, -0.15) is 4.98 Å². The summed E-state index contributed by atoms with van der Waals surface area (Å²) < 4.78 is 0. The van der Waals surface area contributed by atoms with Gasteiger partial charge in [-0.05, 0) is 37.5 Å². The smallest absolute Gasteiger partial charge is 0.317 e. The number of amides is 3. The number of benzene rings is 1. The van der Waals surface area contributed by atoms with Crippen molar-refractivity contribution in [2.45, 2.75) is 37.9 Å². The van der Waals surface area contributed by atoms with Crippen molar-refractivity contribution in [1.29, 1.82) is 0 Å². The van der Waals surface area contributed by atoms with E-state index in [2.05, 4.69) is 30.8 Å². The molecule has 2 aromatic rings. The largest absolute Gasteiger partial charge is 0.362 e. The maximum absolute atomic E-state index is 12.5. The van der Waals surface area contributed by atoms with Crippen LogP contribution in [0.4, 0.5) is 16.6 Å². The fourth-order valence-corrected chi connectivity index (χ4v) is 4.80. The molecule has 0 saturated carbocycles. The Bertz CT molecular complexity index is 1080. The quantitative estimate of drug-likeness (QED) is 0.530. The predicted molar refractivity (Wildman–Crippen MR) is 134 cm³/mol. The summed E-state index contributed by atoms with van der Waals surface area (Å²) in [4.78, 5) is 36.7. The van der Waals surface area contributed by atoms with Gasteiger partial charge in [0, 0.05) is 36.2 Å². The number of hydrogen-bond donors (Lipinski definition) is 3. The first-order valence-electron chi connectivity index (χ1n) is 11.0. The third-order valence-electron chi connectivity index (χ3n) is 6.06. The molecule has 2 aliphatic heterocycles. The molecule has 9 nitrogen and oxygen atoms in total. The Labute approximate surface area is 213 Å². The molecule has 182 valence electrons. The zero-order valence-electron chi connectivity index (χ0n) is 18.8. The zero-order valence-corrected chi connectivity index (χ0v) is 21.1. The molecule has 0 spiro atoms. The normalized spacial score (nSPS) is 19.7. The number of carbonyl (C=O) groups is 2. The second kappa shape index (κ2) is 10.4. The van der Waals surface area contributed by atoms with Crippen molar-refractivity contribution in [2.75, 3.05) is 36.9 Å². The molecule has 2 fully saturated rings. The summed E-state index contributed by atoms with van der Waals surface area (Å²) in [7, 11) is 1.67. The fourth-order valence-electron chi connectivity index (χ4n) is 4.08. The van der Waals surface area contributed by atoms with Crippen LogP contribution in [0.15, 0.2) is 24.4 Å². The van der Waals surface area contributed by atoms with Crippen molar-refractivity contribution in [2.24, 2.45) is 0 Å². The van der Waals surface area contributed by atoms with Crippen LogP contribution in [0.1, 0.15) is 31.4 Å². The lowest BCUT2D eigenvalue weighted by Gasteiger charge is -2.33. The van der Waals surface area contributed by atoms with Gasteiger partial charge in [0.1, 0.15) is 11.1 Å². The van der Waals surface area contributed by atoms with Crippen LogP contribution in [-0.4, -0.2) is 65.6 Å². The van der Waals surface area contributed by atoms with E-state index in [1.807, 2.05) is 13.0 Å². The number of anilines is 2. The van der Waals surface area contributed by atoms with Crippen molar-refractivity contribution in [1.82, 2.24) is 25.5 Å². The van der Waals surface area contributed by atoms with Gasteiger partial charge in [-0.3, -0.25) is 4.79 Å². The van der Waals surface area contributed by atoms with Gasteiger partial charge in [0.15, 0.2) is 5.82 Å². The summed E-state index contributed by atoms with van der Waals surface area (Å²) in [5, 5.41) is 10.6. The topological polar surface area (TPSA) is 102 Å². The third-order valence-corrected chi connectivity index (χ3v) is 6.89. The van der Waals surface area contributed by atoms with Gasteiger partial charge in [-0.15, -0.1) is 0 Å². The van der Waals surface area contributed by atoms with Crippen LogP contribution in [0, 0.1) is 0 Å². The second-order valence-electron chi connectivity index (χ2n) is 8.55. The number of aromatic nitrogens is 2. The standard InChI is InChI=1S/C22H26Cl3N7O2/c1-12(15-4-3-13(23)9-16(15)24)27-19-17(25)10-26-21(30-19)32-7-5-14(6-8-32)28-20(33)18-11-31(2)22(34)29-18/h3-4,9-10,12,14,18H,5-8,11H2,1-2H3,(H,28,33)(H,29,34)(H,26,27,30)/t12-,18-/m1/s1. The highest BCUT2D eigenvalue weighted by Crippen LogP contribution is 2.31. The predicted octanol–water partition coefficient (Wildman–Crippen LogP) is 3.72. The van der Waals surface area contributed by atoms with Crippen LogP contribution in [0.5, 0.6) is 0 Å². The molecule has 1 aromatic carbocycles. The summed E-state index contributed by atoms with van der Waals surface area (Å²) in [5.41, 5.74) is 0.878. The van der Waals surface area contributed by atoms with Gasteiger partial charge >= 0.3 is 6.03 Å². The number of nitrogens with one attached hydrogen (secondary N) is 3. The molecule has 4 rings (SSSR count). The third kappa shape index (κ3) is 5.59. The van der Waals surface area contributed by atoms with E-state index in [0.29, 0.717) is 46.5 Å². The lowest BCUT2D eigenvalue weighted by Crippen LogP contribution is -2.50. The van der Waals surface area contributed by atoms with Gasteiger partial charge in [0.05, 0.1) is 18.8 Å². The molecule has 34 heavy (non-hydrogen) atoms. The van der Waals surface area contributed by atoms with E-state index in [-0.39, 0.29) is 24.0 Å². The number of halogens is 3. The van der Waals surface area contributed by atoms with E-state index in [9.17, 15) is 9.59 Å². The summed E-state index contributed by atoms with van der Waals surface area (Å²) in [6.45, 7) is 3.70. The molecular formula is C22H26Cl3N7O2. The number of hydrogen-bond acceptors (Lipinski definition) is 6. The summed E-state index contributed by atoms with van der Waals surface area (Å²) in [6, 6.07) is 4.49. The SMILES string of the molecule is C[C@@H](Nc1nc(N2CCC(NC(=O)[C@H]3CN(C)C(=O)N3)CC2)ncc1Cl)c1ccc(Cl)cc1Cl. The summed E-state index contributed by atoms with van der Waals surface area (Å²) in [6.07, 6.45) is 3.07. The van der Waals surface area contributed by atoms with Crippen molar-refractivity contribution in [3.05, 3.63) is 45.0 Å². The number of carbonyl (C=O) groups excluding carboxylic acids is 2. The monoisotopic (exact) mass is 525 g/mol. The number of piperidine rings is 1. The van der Waals surface area contributed by atoms with Crippen molar-refractivity contribution < 1.29 is 9.59 Å². The first kappa shape index (κ1) is 24.6. The first-order chi connectivity index (χ1) is 16.2. The Kier molecular flexibility index (Phi) is 7.54. The average Bonchev–Trinajstić information content (AvgIpc) is 3.14. The highest BCUT2D eigenvalue weighted by Gasteiger charge is 2.33. The molecule has 12 heteroatoms. The lowest BCUT2D eigenvalue weighted by molar-refractivity contribution is -0.123. The Morgan fingerprint density at radius 3 is 2.59 bits per heavy atom. The highest BCUT2D eigenvalue weighted by atomic mass is 35.5. The zero-order chi connectivity index (χ0) is 24.4. The molecule has 1 aromatic heterocycles. The molecule has 0 radical (unpaired) electrons. The maximum atomic E-state index is 12.5. The van der Waals surface area contributed by atoms with E-state index in [4.69, 9.17) is 34.8 Å². The van der Waals surface area contributed by atoms with Gasteiger partial charge in [-0.1, -0.05) is 40.9 Å². The van der Waals surface area contributed by atoms with Gasteiger partial charge in [0.2, 0.25) is 11.9 Å². The number of rotatable bonds is 6. The van der Waals surface area contributed by atoms with Crippen LogP contribution in [0.25, 0.3) is 0 Å². The Hall–Kier alpha value is -2.49. The molecular weight excluding hydrogens is 501 g/mol. The number of nitrogens with zero attached hydrogens (tertiary/aromatic N) is 4. The van der Waals surface area contributed by atoms with Crippen LogP contribution in [0.2, 0.25) is 15.1 Å². The van der Waals surface area contributed by atoms with E-state index in [1.54, 1.807) is 25.4 Å². The molecule has 2 saturated heterocycles. The van der Waals surface area contributed by atoms with E-state index in [1.165, 1.54) is 4.90 Å². The average molecular weight is 527 g/mol. The van der Waals surface area contributed by atoms with Crippen LogP contribution >= 0.6 is 34.8 Å². The van der Waals surface area contributed by atoms with Crippen LogP contribution < -0.4 is 20.9 Å². The number of likely N-dealkylation sites (N-methyl/N-ethyl adjacent to an activating group) is 1. The van der Waals surface area contributed by atoms with Crippen LogP contribution in [-0.2, 0) is 4.79 Å². The molecule has 0 aliphatic carbocycles. The lowest BCUT2D eigenvalue weighted by atomic mass is 10.0. The van der Waals surface area contributed by atoms with Crippen molar-refractivity contribution in [3.8, 4) is 0 Å². The molecule has 0 bridgehead atoms. The van der Waals surface area contributed by atoms with E-state index < -0.39 is 6.04 Å². The molecule has 3 N–H and O–H groups in total. The van der Waals surface area contributed by atoms with E-state index in [0.717, 1.165) is 18.4 Å². The summed E-state index contributed by atoms with van der Waals surface area (Å²) >= 11 is 18.7. The minimum atomic E-state index is -0.514. The van der Waals surface area contributed by atoms with Gasteiger partial charge in [0.25, 0.3) is 0 Å².